The van der Waals surface area contributed by atoms with Crippen molar-refractivity contribution in [1.29, 1.82) is 0 Å². The zero-order chi connectivity index (χ0) is 16.5. The summed E-state index contributed by atoms with van der Waals surface area (Å²) in [5.41, 5.74) is -0.0622. The van der Waals surface area contributed by atoms with Crippen LogP contribution in [-0.2, 0) is 9.84 Å². The molecule has 9 heteroatoms. The Hall–Kier alpha value is -1.67. The second kappa shape index (κ2) is 6.21. The second-order valence-corrected chi connectivity index (χ2v) is 8.13. The van der Waals surface area contributed by atoms with E-state index in [1.54, 1.807) is 6.92 Å². The van der Waals surface area contributed by atoms with E-state index in [0.29, 0.717) is 13.0 Å². The van der Waals surface area contributed by atoms with Crippen LogP contribution in [0.3, 0.4) is 0 Å². The van der Waals surface area contributed by atoms with Gasteiger partial charge in [-0.15, -0.1) is 0 Å². The highest BCUT2D eigenvalue weighted by molar-refractivity contribution is 7.92. The van der Waals surface area contributed by atoms with Crippen molar-refractivity contribution >= 4 is 33.0 Å². The molecule has 0 saturated carbocycles. The molecule has 0 aliphatic carbocycles. The summed E-state index contributed by atoms with van der Waals surface area (Å²) in [6.07, 6.45) is 0.360. The molecule has 22 heavy (non-hydrogen) atoms. The zero-order valence-electron chi connectivity index (χ0n) is 11.9. The minimum absolute atomic E-state index is 0.0145. The molecular formula is C13H15ClN2O5S. The van der Waals surface area contributed by atoms with Crippen molar-refractivity contribution in [3.63, 3.8) is 0 Å². The van der Waals surface area contributed by atoms with E-state index in [9.17, 15) is 23.3 Å². The lowest BCUT2D eigenvalue weighted by atomic mass is 10.1. The SMILES string of the molecule is CC1CCN(C(=O)c2ccc([N+](=O)[O-])cc2Cl)CCS1(=O)=O. The van der Waals surface area contributed by atoms with Crippen molar-refractivity contribution in [2.24, 2.45) is 0 Å². The fraction of sp³-hybridized carbons (Fsp3) is 0.462. The number of halogens is 1. The van der Waals surface area contributed by atoms with Crippen molar-refractivity contribution in [3.8, 4) is 0 Å². The fourth-order valence-electron chi connectivity index (χ4n) is 2.23. The van der Waals surface area contributed by atoms with Crippen LogP contribution in [0.1, 0.15) is 23.7 Å². The minimum atomic E-state index is -3.19. The number of nitrogens with zero attached hydrogens (tertiary/aromatic N) is 2. The molecule has 2 rings (SSSR count). The number of rotatable bonds is 2. The van der Waals surface area contributed by atoms with Gasteiger partial charge in [0.05, 0.1) is 26.5 Å². The summed E-state index contributed by atoms with van der Waals surface area (Å²) in [4.78, 5) is 24.0. The molecule has 1 aromatic carbocycles. The Bertz CT molecular complexity index is 719. The Balaban J connectivity index is 2.23. The predicted octanol–water partition coefficient (Wildman–Crippen LogP) is 1.90. The smallest absolute Gasteiger partial charge is 0.270 e. The highest BCUT2D eigenvalue weighted by Gasteiger charge is 2.29. The predicted molar refractivity (Wildman–Crippen MR) is 81.9 cm³/mol. The number of nitro groups is 1. The number of amides is 1. The van der Waals surface area contributed by atoms with Gasteiger partial charge in [0.1, 0.15) is 0 Å². The first-order valence-corrected chi connectivity index (χ1v) is 8.76. The molecule has 1 aliphatic heterocycles. The molecule has 0 aromatic heterocycles. The summed E-state index contributed by atoms with van der Waals surface area (Å²) in [7, 11) is -3.19. The minimum Gasteiger partial charge on any atom is -0.338 e. The highest BCUT2D eigenvalue weighted by Crippen LogP contribution is 2.24. The summed E-state index contributed by atoms with van der Waals surface area (Å²) in [6.45, 7) is 2.04. The number of hydrogen-bond donors (Lipinski definition) is 0. The molecular weight excluding hydrogens is 332 g/mol. The quantitative estimate of drug-likeness (QED) is 0.601. The summed E-state index contributed by atoms with van der Waals surface area (Å²) in [5, 5.41) is 10.2. The normalized spacial score (nSPS) is 21.2. The van der Waals surface area contributed by atoms with Crippen LogP contribution in [-0.4, -0.2) is 48.2 Å². The number of sulfone groups is 1. The van der Waals surface area contributed by atoms with E-state index in [-0.39, 0.29) is 28.6 Å². The Morgan fingerprint density at radius 1 is 1.41 bits per heavy atom. The lowest BCUT2D eigenvalue weighted by Crippen LogP contribution is -2.33. The Morgan fingerprint density at radius 2 is 2.09 bits per heavy atom. The van der Waals surface area contributed by atoms with Crippen LogP contribution in [0.2, 0.25) is 5.02 Å². The highest BCUT2D eigenvalue weighted by atomic mass is 35.5. The lowest BCUT2D eigenvalue weighted by molar-refractivity contribution is -0.384. The van der Waals surface area contributed by atoms with E-state index >= 15 is 0 Å². The van der Waals surface area contributed by atoms with E-state index in [4.69, 9.17) is 11.6 Å². The zero-order valence-corrected chi connectivity index (χ0v) is 13.4. The maximum absolute atomic E-state index is 12.4. The van der Waals surface area contributed by atoms with Crippen molar-refractivity contribution in [2.45, 2.75) is 18.6 Å². The van der Waals surface area contributed by atoms with Gasteiger partial charge in [0, 0.05) is 25.2 Å². The molecule has 1 aliphatic rings. The topological polar surface area (TPSA) is 97.6 Å². The number of carbonyl (C=O) groups excluding carboxylic acids is 1. The number of hydrogen-bond acceptors (Lipinski definition) is 5. The third-order valence-corrected chi connectivity index (χ3v) is 6.27. The van der Waals surface area contributed by atoms with Gasteiger partial charge in [0.15, 0.2) is 9.84 Å². The van der Waals surface area contributed by atoms with Crippen molar-refractivity contribution < 1.29 is 18.1 Å². The monoisotopic (exact) mass is 346 g/mol. The molecule has 1 heterocycles. The van der Waals surface area contributed by atoms with Crippen LogP contribution in [0, 0.1) is 10.1 Å². The molecule has 1 amide bonds. The molecule has 120 valence electrons. The van der Waals surface area contributed by atoms with Gasteiger partial charge in [-0.3, -0.25) is 14.9 Å². The molecule has 0 radical (unpaired) electrons. The molecule has 1 fully saturated rings. The van der Waals surface area contributed by atoms with Gasteiger partial charge >= 0.3 is 0 Å². The Labute approximate surface area is 132 Å². The molecule has 0 bridgehead atoms. The Morgan fingerprint density at radius 3 is 2.68 bits per heavy atom. The molecule has 0 spiro atoms. The lowest BCUT2D eigenvalue weighted by Gasteiger charge is -2.20. The molecule has 7 nitrogen and oxygen atoms in total. The van der Waals surface area contributed by atoms with Gasteiger partial charge in [-0.05, 0) is 19.4 Å². The number of benzene rings is 1. The van der Waals surface area contributed by atoms with Crippen molar-refractivity contribution in [1.82, 2.24) is 4.90 Å². The summed E-state index contributed by atoms with van der Waals surface area (Å²) < 4.78 is 23.7. The van der Waals surface area contributed by atoms with Crippen LogP contribution in [0.25, 0.3) is 0 Å². The second-order valence-electron chi connectivity index (χ2n) is 5.18. The largest absolute Gasteiger partial charge is 0.338 e. The van der Waals surface area contributed by atoms with Gasteiger partial charge in [0.2, 0.25) is 0 Å². The number of non-ortho nitro benzene ring substituents is 1. The summed E-state index contributed by atoms with van der Waals surface area (Å²) in [6, 6.07) is 3.62. The summed E-state index contributed by atoms with van der Waals surface area (Å²) in [5.74, 6) is -0.506. The van der Waals surface area contributed by atoms with Crippen LogP contribution in [0.4, 0.5) is 5.69 Å². The van der Waals surface area contributed by atoms with Crippen LogP contribution >= 0.6 is 11.6 Å². The molecule has 1 unspecified atom stereocenters. The molecule has 0 N–H and O–H groups in total. The van der Waals surface area contributed by atoms with Gasteiger partial charge < -0.3 is 4.90 Å². The molecule has 1 aromatic rings. The van der Waals surface area contributed by atoms with Crippen molar-refractivity contribution in [3.05, 3.63) is 38.9 Å². The van der Waals surface area contributed by atoms with Gasteiger partial charge in [-0.25, -0.2) is 8.42 Å². The van der Waals surface area contributed by atoms with Crippen LogP contribution in [0.15, 0.2) is 18.2 Å². The van der Waals surface area contributed by atoms with Gasteiger partial charge in [-0.1, -0.05) is 11.6 Å². The van der Waals surface area contributed by atoms with Crippen LogP contribution in [0.5, 0.6) is 0 Å². The maximum atomic E-state index is 12.4. The molecule has 1 atom stereocenters. The van der Waals surface area contributed by atoms with E-state index in [0.717, 1.165) is 6.07 Å². The van der Waals surface area contributed by atoms with E-state index < -0.39 is 25.9 Å². The van der Waals surface area contributed by atoms with Gasteiger partial charge in [0.25, 0.3) is 11.6 Å². The van der Waals surface area contributed by atoms with E-state index in [1.165, 1.54) is 17.0 Å². The molecule has 1 saturated heterocycles. The third kappa shape index (κ3) is 3.38. The van der Waals surface area contributed by atoms with E-state index in [2.05, 4.69) is 0 Å². The number of nitro benzene ring substituents is 1. The van der Waals surface area contributed by atoms with E-state index in [1.807, 2.05) is 0 Å². The first-order valence-electron chi connectivity index (χ1n) is 6.67. The first-order chi connectivity index (χ1) is 10.2. The summed E-state index contributed by atoms with van der Waals surface area (Å²) >= 11 is 5.94. The maximum Gasteiger partial charge on any atom is 0.270 e. The van der Waals surface area contributed by atoms with Gasteiger partial charge in [-0.2, -0.15) is 0 Å². The Kier molecular flexibility index (Phi) is 4.72. The van der Waals surface area contributed by atoms with Crippen molar-refractivity contribution in [2.75, 3.05) is 18.8 Å². The van der Waals surface area contributed by atoms with Crippen LogP contribution < -0.4 is 0 Å². The third-order valence-electron chi connectivity index (χ3n) is 3.75. The standard InChI is InChI=1S/C13H15ClN2O5S/c1-9-4-5-15(6-7-22(9,20)21)13(17)11-3-2-10(16(18)19)8-12(11)14/h2-3,8-9H,4-7H2,1H3. The first kappa shape index (κ1) is 16.7. The average Bonchev–Trinajstić information content (AvgIpc) is 2.58. The fourth-order valence-corrected chi connectivity index (χ4v) is 3.83. The average molecular weight is 347 g/mol. The number of carbonyl (C=O) groups is 1.